The lowest BCUT2D eigenvalue weighted by molar-refractivity contribution is 0.0980. The number of benzene rings is 2. The highest BCUT2D eigenvalue weighted by atomic mass is 35.5. The average Bonchev–Trinajstić information content (AvgIpc) is 2.40. The van der Waals surface area contributed by atoms with Gasteiger partial charge < -0.3 is 5.73 Å². The second kappa shape index (κ2) is 3.93. The lowest BCUT2D eigenvalue weighted by Gasteiger charge is -2.21. The predicted octanol–water partition coefficient (Wildman–Crippen LogP) is 3.01. The maximum absolute atomic E-state index is 12.5. The van der Waals surface area contributed by atoms with Crippen LogP contribution in [0, 0.1) is 6.92 Å². The molecule has 0 radical (unpaired) electrons. The molecule has 1 aliphatic carbocycles. The van der Waals surface area contributed by atoms with Gasteiger partial charge in [0.05, 0.1) is 16.1 Å². The summed E-state index contributed by atoms with van der Waals surface area (Å²) in [6.07, 6.45) is 0. The molecule has 0 aliphatic heterocycles. The molecule has 3 nitrogen and oxygen atoms in total. The second-order valence-corrected chi connectivity index (χ2v) is 4.95. The van der Waals surface area contributed by atoms with Crippen LogP contribution in [0.3, 0.4) is 0 Å². The van der Waals surface area contributed by atoms with Crippen LogP contribution < -0.4 is 5.73 Å². The predicted molar refractivity (Wildman–Crippen MR) is 73.9 cm³/mol. The van der Waals surface area contributed by atoms with E-state index in [1.807, 2.05) is 0 Å². The molecule has 0 heterocycles. The SMILES string of the molecule is Cc1cc(Cl)c2c(c1N)C(=O)c1ccccc1C2=O. The first-order valence-corrected chi connectivity index (χ1v) is 6.17. The van der Waals surface area contributed by atoms with Gasteiger partial charge in [0.25, 0.3) is 0 Å². The number of hydrogen-bond donors (Lipinski definition) is 1. The molecule has 1 aliphatic rings. The summed E-state index contributed by atoms with van der Waals surface area (Å²) in [5.74, 6) is -0.491. The van der Waals surface area contributed by atoms with Crippen molar-refractivity contribution in [2.24, 2.45) is 0 Å². The number of carbonyl (C=O) groups is 2. The molecule has 0 saturated heterocycles. The summed E-state index contributed by atoms with van der Waals surface area (Å²) in [7, 11) is 0. The molecule has 2 N–H and O–H groups in total. The lowest BCUT2D eigenvalue weighted by Crippen LogP contribution is -2.23. The average molecular weight is 272 g/mol. The number of halogens is 1. The number of rotatable bonds is 0. The van der Waals surface area contributed by atoms with Gasteiger partial charge in [-0.15, -0.1) is 0 Å². The van der Waals surface area contributed by atoms with Crippen LogP contribution in [0.1, 0.15) is 37.4 Å². The largest absolute Gasteiger partial charge is 0.398 e. The van der Waals surface area contributed by atoms with Crippen LogP contribution in [0.15, 0.2) is 30.3 Å². The summed E-state index contributed by atoms with van der Waals surface area (Å²) in [5, 5.41) is 0.273. The fourth-order valence-corrected chi connectivity index (χ4v) is 2.74. The van der Waals surface area contributed by atoms with Gasteiger partial charge in [-0.25, -0.2) is 0 Å². The van der Waals surface area contributed by atoms with E-state index >= 15 is 0 Å². The molecular formula is C15H10ClNO2. The molecule has 2 aromatic carbocycles. The molecule has 0 unspecified atom stereocenters. The van der Waals surface area contributed by atoms with E-state index in [1.165, 1.54) is 0 Å². The van der Waals surface area contributed by atoms with Crippen molar-refractivity contribution in [2.45, 2.75) is 6.92 Å². The molecule has 2 aromatic rings. The van der Waals surface area contributed by atoms with Crippen LogP contribution >= 0.6 is 11.6 Å². The molecule has 3 rings (SSSR count). The summed E-state index contributed by atoms with van der Waals surface area (Å²) in [5.41, 5.74) is 8.18. The summed E-state index contributed by atoms with van der Waals surface area (Å²) in [6, 6.07) is 8.33. The van der Waals surface area contributed by atoms with Gasteiger partial charge in [0.1, 0.15) is 0 Å². The highest BCUT2D eigenvalue weighted by molar-refractivity contribution is 6.40. The summed E-state index contributed by atoms with van der Waals surface area (Å²) in [4.78, 5) is 24.9. The highest BCUT2D eigenvalue weighted by Crippen LogP contribution is 2.36. The van der Waals surface area contributed by atoms with E-state index in [-0.39, 0.29) is 27.7 Å². The Morgan fingerprint density at radius 1 is 1.00 bits per heavy atom. The highest BCUT2D eigenvalue weighted by Gasteiger charge is 2.33. The summed E-state index contributed by atoms with van der Waals surface area (Å²) in [6.45, 7) is 1.76. The van der Waals surface area contributed by atoms with Crippen LogP contribution in [0.5, 0.6) is 0 Å². The smallest absolute Gasteiger partial charge is 0.196 e. The van der Waals surface area contributed by atoms with Crippen molar-refractivity contribution in [3.05, 3.63) is 63.2 Å². The minimum atomic E-state index is -0.248. The standard InChI is InChI=1S/C15H10ClNO2/c1-7-6-10(16)11-12(13(7)17)15(19)9-5-3-2-4-8(9)14(11)18/h2-6H,17H2,1H3. The Kier molecular flexibility index (Phi) is 2.47. The number of nitrogen functional groups attached to an aromatic ring is 1. The molecule has 0 amide bonds. The van der Waals surface area contributed by atoms with E-state index in [2.05, 4.69) is 0 Å². The lowest BCUT2D eigenvalue weighted by atomic mass is 9.82. The van der Waals surface area contributed by atoms with E-state index in [4.69, 9.17) is 17.3 Å². The Balaban J connectivity index is 2.43. The van der Waals surface area contributed by atoms with Crippen molar-refractivity contribution in [1.29, 1.82) is 0 Å². The molecule has 94 valence electrons. The second-order valence-electron chi connectivity index (χ2n) is 4.54. The van der Waals surface area contributed by atoms with Crippen LogP contribution in [0.4, 0.5) is 5.69 Å². The third-order valence-electron chi connectivity index (χ3n) is 3.40. The van der Waals surface area contributed by atoms with E-state index in [0.717, 1.165) is 0 Å². The monoisotopic (exact) mass is 271 g/mol. The van der Waals surface area contributed by atoms with Crippen LogP contribution in [-0.4, -0.2) is 11.6 Å². The van der Waals surface area contributed by atoms with Crippen LogP contribution in [0.2, 0.25) is 5.02 Å². The third-order valence-corrected chi connectivity index (χ3v) is 3.69. The Morgan fingerprint density at radius 2 is 1.53 bits per heavy atom. The van der Waals surface area contributed by atoms with Crippen molar-refractivity contribution < 1.29 is 9.59 Å². The summed E-state index contributed by atoms with van der Waals surface area (Å²) < 4.78 is 0. The number of anilines is 1. The van der Waals surface area contributed by atoms with Crippen molar-refractivity contribution >= 4 is 28.9 Å². The van der Waals surface area contributed by atoms with Gasteiger partial charge in [-0.3, -0.25) is 9.59 Å². The number of ketones is 2. The fraction of sp³-hybridized carbons (Fsp3) is 0.0667. The molecular weight excluding hydrogens is 262 g/mol. The zero-order valence-electron chi connectivity index (χ0n) is 10.2. The number of carbonyl (C=O) groups excluding carboxylic acids is 2. The van der Waals surface area contributed by atoms with E-state index in [1.54, 1.807) is 37.3 Å². The Labute approximate surface area is 115 Å². The zero-order chi connectivity index (χ0) is 13.7. The zero-order valence-corrected chi connectivity index (χ0v) is 10.9. The number of hydrogen-bond acceptors (Lipinski definition) is 3. The van der Waals surface area contributed by atoms with Crippen LogP contribution in [-0.2, 0) is 0 Å². The number of nitrogens with two attached hydrogens (primary N) is 1. The van der Waals surface area contributed by atoms with Gasteiger partial charge in [-0.05, 0) is 18.6 Å². The first kappa shape index (κ1) is 11.9. The van der Waals surface area contributed by atoms with Gasteiger partial charge in [0, 0.05) is 16.8 Å². The third kappa shape index (κ3) is 1.52. The normalized spacial score (nSPS) is 13.2. The molecule has 0 saturated carbocycles. The molecule has 0 atom stereocenters. The summed E-state index contributed by atoms with van der Waals surface area (Å²) >= 11 is 6.12. The molecule has 4 heteroatoms. The molecule has 0 fully saturated rings. The van der Waals surface area contributed by atoms with E-state index < -0.39 is 0 Å². The number of aryl methyl sites for hydroxylation is 1. The fourth-order valence-electron chi connectivity index (χ4n) is 2.40. The minimum Gasteiger partial charge on any atom is -0.398 e. The van der Waals surface area contributed by atoms with Gasteiger partial charge >= 0.3 is 0 Å². The van der Waals surface area contributed by atoms with E-state index in [0.29, 0.717) is 22.4 Å². The first-order valence-electron chi connectivity index (χ1n) is 5.79. The van der Waals surface area contributed by atoms with Gasteiger partial charge in [-0.2, -0.15) is 0 Å². The maximum atomic E-state index is 12.5. The Hall–Kier alpha value is -2.13. The van der Waals surface area contributed by atoms with Gasteiger partial charge in [0.2, 0.25) is 0 Å². The van der Waals surface area contributed by atoms with Crippen molar-refractivity contribution in [2.75, 3.05) is 5.73 Å². The van der Waals surface area contributed by atoms with E-state index in [9.17, 15) is 9.59 Å². The maximum Gasteiger partial charge on any atom is 0.196 e. The van der Waals surface area contributed by atoms with Gasteiger partial charge in [-0.1, -0.05) is 35.9 Å². The molecule has 0 spiro atoms. The quantitative estimate of drug-likeness (QED) is 0.640. The van der Waals surface area contributed by atoms with Gasteiger partial charge in [0.15, 0.2) is 11.6 Å². The first-order chi connectivity index (χ1) is 9.02. The Morgan fingerprint density at radius 3 is 2.11 bits per heavy atom. The topological polar surface area (TPSA) is 60.2 Å². The van der Waals surface area contributed by atoms with Crippen LogP contribution in [0.25, 0.3) is 0 Å². The molecule has 19 heavy (non-hydrogen) atoms. The minimum absolute atomic E-state index is 0.216. The molecule has 0 aromatic heterocycles. The Bertz CT molecular complexity index is 750. The molecule has 0 bridgehead atoms. The van der Waals surface area contributed by atoms with Crippen molar-refractivity contribution in [3.63, 3.8) is 0 Å². The number of fused-ring (bicyclic) bond motifs is 2. The van der Waals surface area contributed by atoms with Crippen molar-refractivity contribution in [3.8, 4) is 0 Å². The van der Waals surface area contributed by atoms with Crippen molar-refractivity contribution in [1.82, 2.24) is 0 Å².